The average molecular weight is 1020 g/mol. The first-order valence-electron chi connectivity index (χ1n) is 27.8. The van der Waals surface area contributed by atoms with E-state index in [1.165, 1.54) is 25.3 Å². The number of carbonyl (C=O) groups is 5. The molecule has 0 bridgehead atoms. The van der Waals surface area contributed by atoms with Gasteiger partial charge in [0.15, 0.2) is 5.82 Å². The number of pyridine rings is 1. The SMILES string of the molecule is CC(C)n1cnc2cc(-c3ccc4c(c3)N(C3CC(N5CCCCC5)C3)C(=O)C43CCN(C(=O)[C@@H]4CCN(C(=O)C5CCC(Nc6ccc([C@H]7CCC(=O)NC7=O)cc6)CC5)C4)CC3)nc(Nc3ccccc3F)c21. The summed E-state index contributed by atoms with van der Waals surface area (Å²) in [6.07, 6.45) is 13.3. The molecule has 5 aromatic rings. The van der Waals surface area contributed by atoms with E-state index in [2.05, 4.69) is 57.8 Å². The molecule has 1 spiro atoms. The lowest BCUT2D eigenvalue weighted by Crippen LogP contribution is -2.58. The van der Waals surface area contributed by atoms with E-state index in [1.54, 1.807) is 24.5 Å². The molecule has 15 nitrogen and oxygen atoms in total. The molecule has 2 atom stereocenters. The molecule has 2 aliphatic carbocycles. The van der Waals surface area contributed by atoms with Crippen LogP contribution in [0.1, 0.15) is 127 Å². The van der Waals surface area contributed by atoms with E-state index in [-0.39, 0.29) is 71.2 Å². The van der Waals surface area contributed by atoms with Crippen LogP contribution < -0.4 is 20.9 Å². The molecule has 0 radical (unpaired) electrons. The summed E-state index contributed by atoms with van der Waals surface area (Å²) in [6, 6.07) is 23.7. The number of halogens is 1. The molecular weight excluding hydrogens is 948 g/mol. The van der Waals surface area contributed by atoms with E-state index in [4.69, 9.17) is 9.97 Å². The molecular formula is C59H69FN10O5. The molecule has 392 valence electrons. The van der Waals surface area contributed by atoms with Crippen LogP contribution in [-0.2, 0) is 29.4 Å². The molecule has 3 N–H and O–H groups in total. The Morgan fingerprint density at radius 1 is 0.787 bits per heavy atom. The summed E-state index contributed by atoms with van der Waals surface area (Å²) in [7, 11) is 0. The van der Waals surface area contributed by atoms with E-state index >= 15 is 9.18 Å². The zero-order valence-corrected chi connectivity index (χ0v) is 43.2. The summed E-state index contributed by atoms with van der Waals surface area (Å²) in [6.45, 7) is 8.36. The van der Waals surface area contributed by atoms with Crippen LogP contribution in [0.25, 0.3) is 22.3 Å². The fourth-order valence-corrected chi connectivity index (χ4v) is 13.7. The maximum absolute atomic E-state index is 15.3. The van der Waals surface area contributed by atoms with Gasteiger partial charge in [0.2, 0.25) is 29.5 Å². The number of imide groups is 1. The Morgan fingerprint density at radius 3 is 2.27 bits per heavy atom. The predicted octanol–water partition coefficient (Wildman–Crippen LogP) is 8.83. The number of likely N-dealkylation sites (tertiary alicyclic amines) is 3. The minimum absolute atomic E-state index is 0.0656. The second-order valence-corrected chi connectivity index (χ2v) is 22.9. The number of benzene rings is 3. The van der Waals surface area contributed by atoms with Gasteiger partial charge in [-0.25, -0.2) is 14.4 Å². The van der Waals surface area contributed by atoms with Crippen molar-refractivity contribution in [2.24, 2.45) is 11.8 Å². The summed E-state index contributed by atoms with van der Waals surface area (Å²) in [5.41, 5.74) is 6.43. The zero-order chi connectivity index (χ0) is 51.5. The molecule has 7 heterocycles. The molecule has 3 aromatic carbocycles. The van der Waals surface area contributed by atoms with Gasteiger partial charge in [-0.05, 0) is 152 Å². The Kier molecular flexibility index (Phi) is 13.2. The summed E-state index contributed by atoms with van der Waals surface area (Å²) < 4.78 is 17.2. The Labute approximate surface area is 438 Å². The first kappa shape index (κ1) is 49.2. The molecule has 6 fully saturated rings. The number of carbonyl (C=O) groups excluding carboxylic acids is 5. The van der Waals surface area contributed by atoms with Crippen LogP contribution in [0.3, 0.4) is 0 Å². The third-order valence-electron chi connectivity index (χ3n) is 18.1. The number of nitrogens with zero attached hydrogens (tertiary/aromatic N) is 7. The van der Waals surface area contributed by atoms with Crippen LogP contribution in [0.5, 0.6) is 0 Å². The summed E-state index contributed by atoms with van der Waals surface area (Å²) in [5, 5.41) is 9.35. The maximum Gasteiger partial charge on any atom is 0.238 e. The minimum Gasteiger partial charge on any atom is -0.382 e. The first-order valence-corrected chi connectivity index (χ1v) is 27.8. The number of para-hydroxylation sites is 1. The van der Waals surface area contributed by atoms with Crippen molar-refractivity contribution in [2.75, 3.05) is 54.8 Å². The third kappa shape index (κ3) is 9.24. The van der Waals surface area contributed by atoms with Crippen molar-refractivity contribution >= 4 is 63.4 Å². The number of hydrogen-bond acceptors (Lipinski definition) is 10. The lowest BCUT2D eigenvalue weighted by atomic mass is 9.73. The van der Waals surface area contributed by atoms with Crippen LogP contribution in [0.15, 0.2) is 79.1 Å². The molecule has 75 heavy (non-hydrogen) atoms. The molecule has 5 aliphatic heterocycles. The fourth-order valence-electron chi connectivity index (χ4n) is 13.7. The quantitative estimate of drug-likeness (QED) is 0.109. The average Bonchev–Trinajstić information content (AvgIpc) is 4.16. The minimum atomic E-state index is -0.754. The van der Waals surface area contributed by atoms with Crippen LogP contribution in [0.4, 0.5) is 27.3 Å². The number of hydrogen-bond donors (Lipinski definition) is 3. The van der Waals surface area contributed by atoms with Crippen LogP contribution in [0.2, 0.25) is 0 Å². The van der Waals surface area contributed by atoms with E-state index in [0.717, 1.165) is 90.7 Å². The number of anilines is 4. The Bertz CT molecular complexity index is 3020. The number of fused-ring (bicyclic) bond motifs is 3. The Morgan fingerprint density at radius 2 is 1.53 bits per heavy atom. The number of nitrogens with one attached hydrogen (secondary N) is 3. The largest absolute Gasteiger partial charge is 0.382 e. The number of imidazole rings is 1. The standard InChI is InChI=1S/C59H69FN10O5/c1-36(2)69-35-61-50-33-49(64-54(53(50)69)63-48-9-5-4-8-47(48)60)39-14-20-46-51(30-39)70(44-31-43(32-44)66-25-6-3-7-26-66)58(75)59(46)23-28-67(29-24-59)57(74)40-22-27-68(34-40)56(73)38-12-17-42(18-13-38)62-41-15-10-37(11-16-41)45-19-21-52(71)65-55(45)72/h4-5,8-11,14-16,20,30,33,35-36,38,40,42-45,62H,3,6-7,12-13,17-19,21-29,31-32,34H2,1-2H3,(H,63,64)(H,65,71,72)/t38?,40-,42?,43?,44?,45-/m1/s1. The predicted molar refractivity (Wildman–Crippen MR) is 286 cm³/mol. The summed E-state index contributed by atoms with van der Waals surface area (Å²) >= 11 is 0. The van der Waals surface area contributed by atoms with Crippen molar-refractivity contribution in [1.29, 1.82) is 0 Å². The summed E-state index contributed by atoms with van der Waals surface area (Å²) in [4.78, 5) is 86.1. The van der Waals surface area contributed by atoms with Gasteiger partial charge in [0, 0.05) is 79.6 Å². The zero-order valence-electron chi connectivity index (χ0n) is 43.2. The Balaban J connectivity index is 0.715. The molecule has 12 rings (SSSR count). The van der Waals surface area contributed by atoms with Crippen LogP contribution in [-0.4, -0.2) is 116 Å². The van der Waals surface area contributed by atoms with Gasteiger partial charge >= 0.3 is 0 Å². The topological polar surface area (TPSA) is 165 Å². The number of aromatic nitrogens is 3. The molecule has 2 saturated carbocycles. The number of piperidine rings is 3. The molecule has 2 aromatic heterocycles. The van der Waals surface area contributed by atoms with E-state index < -0.39 is 5.41 Å². The summed E-state index contributed by atoms with van der Waals surface area (Å²) in [5.74, 6) is -0.597. The van der Waals surface area contributed by atoms with E-state index in [1.807, 2.05) is 44.7 Å². The highest BCUT2D eigenvalue weighted by atomic mass is 19.1. The van der Waals surface area contributed by atoms with Crippen molar-refractivity contribution in [3.05, 3.63) is 96.1 Å². The monoisotopic (exact) mass is 1020 g/mol. The third-order valence-corrected chi connectivity index (χ3v) is 18.1. The lowest BCUT2D eigenvalue weighted by molar-refractivity contribution is -0.140. The van der Waals surface area contributed by atoms with Crippen LogP contribution in [0, 0.1) is 17.7 Å². The smallest absolute Gasteiger partial charge is 0.238 e. The van der Waals surface area contributed by atoms with Gasteiger partial charge in [-0.15, -0.1) is 0 Å². The van der Waals surface area contributed by atoms with Gasteiger partial charge in [0.05, 0.1) is 40.5 Å². The Hall–Kier alpha value is -6.68. The highest BCUT2D eigenvalue weighted by Crippen LogP contribution is 2.52. The maximum atomic E-state index is 15.3. The molecule has 0 unspecified atom stereocenters. The van der Waals surface area contributed by atoms with Gasteiger partial charge in [-0.3, -0.25) is 29.3 Å². The number of rotatable bonds is 11. The first-order chi connectivity index (χ1) is 36.4. The lowest BCUT2D eigenvalue weighted by Gasteiger charge is -2.48. The van der Waals surface area contributed by atoms with Crippen molar-refractivity contribution in [1.82, 2.24) is 34.6 Å². The van der Waals surface area contributed by atoms with E-state index in [9.17, 15) is 19.2 Å². The van der Waals surface area contributed by atoms with Gasteiger partial charge in [-0.1, -0.05) is 42.8 Å². The molecule has 4 saturated heterocycles. The fraction of sp³-hybridized carbons (Fsp3) is 0.508. The normalized spacial score (nSPS) is 25.9. The number of amides is 5. The van der Waals surface area contributed by atoms with Gasteiger partial charge in [0.25, 0.3) is 0 Å². The second kappa shape index (κ2) is 20.1. The van der Waals surface area contributed by atoms with Crippen LogP contribution >= 0.6 is 0 Å². The van der Waals surface area contributed by atoms with Gasteiger partial charge in [0.1, 0.15) is 11.3 Å². The van der Waals surface area contributed by atoms with Gasteiger partial charge < -0.3 is 34.8 Å². The van der Waals surface area contributed by atoms with Crippen molar-refractivity contribution in [3.63, 3.8) is 0 Å². The van der Waals surface area contributed by atoms with Crippen molar-refractivity contribution < 1.29 is 28.4 Å². The van der Waals surface area contributed by atoms with Crippen molar-refractivity contribution in [3.8, 4) is 11.3 Å². The van der Waals surface area contributed by atoms with E-state index in [0.29, 0.717) is 81.5 Å². The van der Waals surface area contributed by atoms with Gasteiger partial charge in [-0.2, -0.15) is 0 Å². The molecule has 5 amide bonds. The highest BCUT2D eigenvalue weighted by Gasteiger charge is 2.56. The highest BCUT2D eigenvalue weighted by molar-refractivity contribution is 6.09. The molecule has 7 aliphatic rings. The second-order valence-electron chi connectivity index (χ2n) is 22.9. The van der Waals surface area contributed by atoms with Crippen molar-refractivity contribution in [2.45, 2.75) is 139 Å². The molecule has 16 heteroatoms.